The van der Waals surface area contributed by atoms with Crippen molar-refractivity contribution in [1.82, 2.24) is 9.72 Å². The third kappa shape index (κ3) is 1.01. The van der Waals surface area contributed by atoms with E-state index in [0.29, 0.717) is 11.7 Å². The molecule has 0 aromatic carbocycles. The van der Waals surface area contributed by atoms with Gasteiger partial charge in [-0.1, -0.05) is 5.16 Å². The first-order chi connectivity index (χ1) is 5.83. The molecule has 1 heterocycles. The lowest BCUT2D eigenvalue weighted by Gasteiger charge is -1.93. The molecule has 1 aromatic heterocycles. The predicted molar refractivity (Wildman–Crippen MR) is 38.4 cm³/mol. The summed E-state index contributed by atoms with van der Waals surface area (Å²) in [6.07, 6.45) is 2.08. The number of nitriles is 1. The van der Waals surface area contributed by atoms with Crippen molar-refractivity contribution in [3.05, 3.63) is 16.4 Å². The number of nitrogens with zero attached hydrogens (tertiary/aromatic N) is 3. The van der Waals surface area contributed by atoms with Crippen molar-refractivity contribution < 1.29 is 4.52 Å². The maximum Gasteiger partial charge on any atom is 0.442 e. The van der Waals surface area contributed by atoms with E-state index in [1.54, 1.807) is 0 Å². The smallest absolute Gasteiger partial charge is 0.296 e. The zero-order valence-corrected chi connectivity index (χ0v) is 6.36. The van der Waals surface area contributed by atoms with Gasteiger partial charge in [0.15, 0.2) is 5.82 Å². The second-order valence-electron chi connectivity index (χ2n) is 2.83. The van der Waals surface area contributed by atoms with Gasteiger partial charge in [-0.15, -0.1) is 0 Å². The van der Waals surface area contributed by atoms with Crippen LogP contribution in [0.25, 0.3) is 0 Å². The lowest BCUT2D eigenvalue weighted by atomic mass is 10.4. The Bertz CT molecular complexity index is 380. The minimum atomic E-state index is -0.529. The third-order valence-electron chi connectivity index (χ3n) is 1.89. The topological polar surface area (TPSA) is 71.8 Å². The van der Waals surface area contributed by atoms with Crippen molar-refractivity contribution in [2.45, 2.75) is 25.3 Å². The summed E-state index contributed by atoms with van der Waals surface area (Å²) in [5, 5.41) is 12.0. The normalized spacial score (nSPS) is 15.9. The summed E-state index contributed by atoms with van der Waals surface area (Å²) < 4.78 is 5.75. The molecule has 5 nitrogen and oxygen atoms in total. The minimum Gasteiger partial charge on any atom is -0.296 e. The number of hydrogen-bond acceptors (Lipinski definition) is 4. The second kappa shape index (κ2) is 2.48. The van der Waals surface area contributed by atoms with Crippen LogP contribution in [0.15, 0.2) is 9.32 Å². The van der Waals surface area contributed by atoms with Crippen molar-refractivity contribution in [2.24, 2.45) is 0 Å². The second-order valence-corrected chi connectivity index (χ2v) is 2.83. The van der Waals surface area contributed by atoms with Gasteiger partial charge in [0.2, 0.25) is 0 Å². The van der Waals surface area contributed by atoms with Crippen molar-refractivity contribution in [1.29, 1.82) is 5.26 Å². The monoisotopic (exact) mass is 165 g/mol. The van der Waals surface area contributed by atoms with E-state index in [0.717, 1.165) is 12.8 Å². The number of rotatable bonds is 2. The average Bonchev–Trinajstić information content (AvgIpc) is 2.82. The highest BCUT2D eigenvalue weighted by Crippen LogP contribution is 2.38. The van der Waals surface area contributed by atoms with Gasteiger partial charge in [-0.25, -0.2) is 9.36 Å². The van der Waals surface area contributed by atoms with Gasteiger partial charge in [0, 0.05) is 5.92 Å². The summed E-state index contributed by atoms with van der Waals surface area (Å²) in [5.74, 6) is 0.435. The lowest BCUT2D eigenvalue weighted by molar-refractivity contribution is 0.375. The Balaban J connectivity index is 2.41. The minimum absolute atomic E-state index is 0.0359. The first-order valence-electron chi connectivity index (χ1n) is 3.76. The Hall–Kier alpha value is -1.57. The van der Waals surface area contributed by atoms with Crippen LogP contribution >= 0.6 is 0 Å². The molecule has 0 amide bonds. The van der Waals surface area contributed by atoms with Gasteiger partial charge >= 0.3 is 5.76 Å². The molecule has 12 heavy (non-hydrogen) atoms. The molecular weight excluding hydrogens is 158 g/mol. The first kappa shape index (κ1) is 7.10. The molecule has 1 aliphatic rings. The fourth-order valence-corrected chi connectivity index (χ4v) is 1.13. The standard InChI is InChI=1S/C7H7N3O2/c8-3-4-10-6(5-1-2-5)9-12-7(10)11/h5H,1-2,4H2. The van der Waals surface area contributed by atoms with Crippen LogP contribution in [0, 0.1) is 11.3 Å². The molecule has 0 spiro atoms. The van der Waals surface area contributed by atoms with E-state index in [9.17, 15) is 4.79 Å². The number of hydrogen-bond donors (Lipinski definition) is 0. The van der Waals surface area contributed by atoms with Gasteiger partial charge in [0.1, 0.15) is 6.54 Å². The quantitative estimate of drug-likeness (QED) is 0.629. The maximum atomic E-state index is 10.9. The van der Waals surface area contributed by atoms with Crippen LogP contribution < -0.4 is 5.76 Å². The highest BCUT2D eigenvalue weighted by Gasteiger charge is 2.30. The molecule has 2 rings (SSSR count). The van der Waals surface area contributed by atoms with Crippen LogP contribution in [0.2, 0.25) is 0 Å². The molecular formula is C7H7N3O2. The molecule has 1 aliphatic carbocycles. The van der Waals surface area contributed by atoms with Crippen LogP contribution in [0.5, 0.6) is 0 Å². The van der Waals surface area contributed by atoms with Crippen LogP contribution in [0.4, 0.5) is 0 Å². The van der Waals surface area contributed by atoms with Crippen LogP contribution in [0.3, 0.4) is 0 Å². The molecule has 0 N–H and O–H groups in total. The fraction of sp³-hybridized carbons (Fsp3) is 0.571. The highest BCUT2D eigenvalue weighted by molar-refractivity contribution is 5.04. The zero-order valence-electron chi connectivity index (χ0n) is 6.36. The van der Waals surface area contributed by atoms with Crippen molar-refractivity contribution in [3.63, 3.8) is 0 Å². The molecule has 0 radical (unpaired) electrons. The van der Waals surface area contributed by atoms with Crippen LogP contribution in [0.1, 0.15) is 24.6 Å². The van der Waals surface area contributed by atoms with Crippen molar-refractivity contribution in [2.75, 3.05) is 0 Å². The Morgan fingerprint density at radius 2 is 2.50 bits per heavy atom. The van der Waals surface area contributed by atoms with Crippen molar-refractivity contribution in [3.8, 4) is 6.07 Å². The molecule has 1 saturated carbocycles. The van der Waals surface area contributed by atoms with Gasteiger partial charge in [0.25, 0.3) is 0 Å². The van der Waals surface area contributed by atoms with E-state index in [2.05, 4.69) is 9.68 Å². The molecule has 0 aliphatic heterocycles. The van der Waals surface area contributed by atoms with Crippen molar-refractivity contribution >= 4 is 0 Å². The average molecular weight is 165 g/mol. The molecule has 5 heteroatoms. The van der Waals surface area contributed by atoms with E-state index in [1.807, 2.05) is 6.07 Å². The first-order valence-corrected chi connectivity index (χ1v) is 3.76. The summed E-state index contributed by atoms with van der Waals surface area (Å²) in [6, 6.07) is 1.90. The SMILES string of the molecule is N#CCn1c(C2CC2)noc1=O. The summed E-state index contributed by atoms with van der Waals surface area (Å²) in [7, 11) is 0. The van der Waals surface area contributed by atoms with Gasteiger partial charge < -0.3 is 0 Å². The van der Waals surface area contributed by atoms with E-state index >= 15 is 0 Å². The highest BCUT2D eigenvalue weighted by atomic mass is 16.5. The molecule has 0 atom stereocenters. The van der Waals surface area contributed by atoms with E-state index < -0.39 is 5.76 Å². The summed E-state index contributed by atoms with van der Waals surface area (Å²) in [4.78, 5) is 10.9. The summed E-state index contributed by atoms with van der Waals surface area (Å²) in [6.45, 7) is 0.0359. The molecule has 0 bridgehead atoms. The van der Waals surface area contributed by atoms with E-state index in [1.165, 1.54) is 4.57 Å². The predicted octanol–water partition coefficient (Wildman–Crippen LogP) is 0.237. The van der Waals surface area contributed by atoms with E-state index in [4.69, 9.17) is 5.26 Å². The molecule has 0 saturated heterocycles. The van der Waals surface area contributed by atoms with Crippen LogP contribution in [-0.4, -0.2) is 9.72 Å². The molecule has 1 fully saturated rings. The summed E-state index contributed by atoms with van der Waals surface area (Å²) >= 11 is 0. The molecule has 0 unspecified atom stereocenters. The van der Waals surface area contributed by atoms with Gasteiger partial charge in [-0.3, -0.25) is 4.52 Å². The Kier molecular flexibility index (Phi) is 1.47. The number of aromatic nitrogens is 2. The summed E-state index contributed by atoms with van der Waals surface area (Å²) in [5.41, 5.74) is 0. The van der Waals surface area contributed by atoms with E-state index in [-0.39, 0.29) is 6.54 Å². The largest absolute Gasteiger partial charge is 0.442 e. The van der Waals surface area contributed by atoms with Crippen LogP contribution in [-0.2, 0) is 6.54 Å². The Morgan fingerprint density at radius 3 is 3.08 bits per heavy atom. The maximum absolute atomic E-state index is 10.9. The third-order valence-corrected chi connectivity index (χ3v) is 1.89. The Labute approximate surface area is 68.2 Å². The fourth-order valence-electron chi connectivity index (χ4n) is 1.13. The lowest BCUT2D eigenvalue weighted by Crippen LogP contribution is -2.15. The van der Waals surface area contributed by atoms with Gasteiger partial charge in [-0.05, 0) is 12.8 Å². The van der Waals surface area contributed by atoms with Gasteiger partial charge in [-0.2, -0.15) is 5.26 Å². The molecule has 62 valence electrons. The Morgan fingerprint density at radius 1 is 1.75 bits per heavy atom. The zero-order chi connectivity index (χ0) is 8.55. The molecule has 1 aromatic rings. The van der Waals surface area contributed by atoms with Gasteiger partial charge in [0.05, 0.1) is 6.07 Å².